The molecule has 0 aliphatic carbocycles. The molecule has 3 rings (SSSR count). The molecule has 2 aromatic carbocycles. The number of benzene rings is 2. The van der Waals surface area contributed by atoms with Gasteiger partial charge in [-0.25, -0.2) is 9.97 Å². The Morgan fingerprint density at radius 1 is 0.913 bits per heavy atom. The lowest BCUT2D eigenvalue weighted by molar-refractivity contribution is 0.968. The fourth-order valence-electron chi connectivity index (χ4n) is 2.38. The van der Waals surface area contributed by atoms with Gasteiger partial charge in [0, 0.05) is 23.0 Å². The summed E-state index contributed by atoms with van der Waals surface area (Å²) in [5.74, 6) is 0.741. The van der Waals surface area contributed by atoms with Gasteiger partial charge in [-0.15, -0.1) is 6.58 Å². The van der Waals surface area contributed by atoms with Gasteiger partial charge in [-0.05, 0) is 41.7 Å². The zero-order chi connectivity index (χ0) is 16.1. The molecule has 0 saturated carbocycles. The molecule has 0 atom stereocenters. The zero-order valence-corrected chi connectivity index (χ0v) is 13.5. The smallest absolute Gasteiger partial charge is 0.159 e. The van der Waals surface area contributed by atoms with Crippen LogP contribution in [0.4, 0.5) is 0 Å². The molecule has 1 aromatic heterocycles. The first-order valence-corrected chi connectivity index (χ1v) is 7.92. The van der Waals surface area contributed by atoms with Crippen molar-refractivity contribution in [2.45, 2.75) is 12.8 Å². The van der Waals surface area contributed by atoms with Crippen molar-refractivity contribution in [1.29, 1.82) is 0 Å². The van der Waals surface area contributed by atoms with Gasteiger partial charge in [0.25, 0.3) is 0 Å². The Morgan fingerprint density at radius 3 is 2.26 bits per heavy atom. The third-order valence-electron chi connectivity index (χ3n) is 3.64. The maximum absolute atomic E-state index is 6.05. The molecule has 3 heteroatoms. The highest BCUT2D eigenvalue weighted by Crippen LogP contribution is 2.25. The number of hydrogen-bond acceptors (Lipinski definition) is 2. The van der Waals surface area contributed by atoms with E-state index in [0.717, 1.165) is 45.9 Å². The zero-order valence-electron chi connectivity index (χ0n) is 12.7. The van der Waals surface area contributed by atoms with Crippen molar-refractivity contribution >= 4 is 11.6 Å². The molecule has 0 bridgehead atoms. The molecule has 3 aromatic rings. The van der Waals surface area contributed by atoms with Crippen molar-refractivity contribution in [3.05, 3.63) is 84.2 Å². The fourth-order valence-corrected chi connectivity index (χ4v) is 2.57. The van der Waals surface area contributed by atoms with Crippen LogP contribution in [0.25, 0.3) is 22.5 Å². The summed E-state index contributed by atoms with van der Waals surface area (Å²) in [6, 6.07) is 16.0. The van der Waals surface area contributed by atoms with E-state index >= 15 is 0 Å². The molecule has 1 heterocycles. The molecule has 0 unspecified atom stereocenters. The molecule has 0 N–H and O–H groups in total. The van der Waals surface area contributed by atoms with Crippen LogP contribution in [0.2, 0.25) is 5.02 Å². The van der Waals surface area contributed by atoms with Gasteiger partial charge in [-0.3, -0.25) is 0 Å². The average molecular weight is 321 g/mol. The summed E-state index contributed by atoms with van der Waals surface area (Å²) >= 11 is 6.05. The highest BCUT2D eigenvalue weighted by Gasteiger charge is 2.03. The van der Waals surface area contributed by atoms with E-state index in [1.807, 2.05) is 54.9 Å². The van der Waals surface area contributed by atoms with Crippen molar-refractivity contribution in [2.24, 2.45) is 0 Å². The average Bonchev–Trinajstić information content (AvgIpc) is 2.61. The summed E-state index contributed by atoms with van der Waals surface area (Å²) in [5, 5.41) is 0.741. The fraction of sp³-hybridized carbons (Fsp3) is 0.100. The quantitative estimate of drug-likeness (QED) is 0.573. The molecule has 23 heavy (non-hydrogen) atoms. The Hall–Kier alpha value is -2.45. The minimum atomic E-state index is 0.741. The van der Waals surface area contributed by atoms with Crippen LogP contribution >= 0.6 is 11.6 Å². The standard InChI is InChI=1S/C20H17ClN2/c1-2-3-5-15-13-22-20(23-14-15)17-10-8-16(9-11-17)18-6-4-7-19(21)12-18/h2,4,6-14H,1,3,5H2. The SMILES string of the molecule is C=CCCc1cnc(-c2ccc(-c3cccc(Cl)c3)cc2)nc1. The van der Waals surface area contributed by atoms with Crippen LogP contribution in [-0.4, -0.2) is 9.97 Å². The van der Waals surface area contributed by atoms with Crippen LogP contribution < -0.4 is 0 Å². The second kappa shape index (κ2) is 7.21. The molecule has 0 fully saturated rings. The Kier molecular flexibility index (Phi) is 4.84. The predicted octanol–water partition coefficient (Wildman–Crippen LogP) is 5.58. The van der Waals surface area contributed by atoms with Crippen LogP contribution in [0.3, 0.4) is 0 Å². The van der Waals surface area contributed by atoms with E-state index in [-0.39, 0.29) is 0 Å². The largest absolute Gasteiger partial charge is 0.236 e. The molecule has 0 aliphatic rings. The molecule has 2 nitrogen and oxygen atoms in total. The van der Waals surface area contributed by atoms with Gasteiger partial charge in [0.15, 0.2) is 5.82 Å². The minimum Gasteiger partial charge on any atom is -0.236 e. The van der Waals surface area contributed by atoms with Crippen molar-refractivity contribution in [3.63, 3.8) is 0 Å². The molecular formula is C20H17ClN2. The number of allylic oxidation sites excluding steroid dienone is 1. The lowest BCUT2D eigenvalue weighted by Crippen LogP contribution is -1.92. The van der Waals surface area contributed by atoms with E-state index in [0.29, 0.717) is 0 Å². The first-order valence-electron chi connectivity index (χ1n) is 7.54. The van der Waals surface area contributed by atoms with E-state index < -0.39 is 0 Å². The Morgan fingerprint density at radius 2 is 1.61 bits per heavy atom. The molecular weight excluding hydrogens is 304 g/mol. The maximum atomic E-state index is 6.05. The van der Waals surface area contributed by atoms with Crippen LogP contribution in [0, 0.1) is 0 Å². The molecule has 0 aliphatic heterocycles. The van der Waals surface area contributed by atoms with Crippen molar-refractivity contribution < 1.29 is 0 Å². The molecule has 0 saturated heterocycles. The van der Waals surface area contributed by atoms with Crippen molar-refractivity contribution in [2.75, 3.05) is 0 Å². The highest BCUT2D eigenvalue weighted by molar-refractivity contribution is 6.30. The van der Waals surface area contributed by atoms with Gasteiger partial charge in [-0.2, -0.15) is 0 Å². The maximum Gasteiger partial charge on any atom is 0.159 e. The first-order chi connectivity index (χ1) is 11.3. The molecule has 114 valence electrons. The van der Waals surface area contributed by atoms with Crippen LogP contribution in [0.15, 0.2) is 73.6 Å². The van der Waals surface area contributed by atoms with Crippen molar-refractivity contribution in [1.82, 2.24) is 9.97 Å². The number of aryl methyl sites for hydroxylation is 1. The van der Waals surface area contributed by atoms with Crippen LogP contribution in [-0.2, 0) is 6.42 Å². The van der Waals surface area contributed by atoms with Crippen molar-refractivity contribution in [3.8, 4) is 22.5 Å². The Balaban J connectivity index is 1.80. The summed E-state index contributed by atoms with van der Waals surface area (Å²) in [7, 11) is 0. The third-order valence-corrected chi connectivity index (χ3v) is 3.88. The minimum absolute atomic E-state index is 0.741. The molecule has 0 radical (unpaired) electrons. The van der Waals surface area contributed by atoms with Gasteiger partial charge in [0.05, 0.1) is 0 Å². The Bertz CT molecular complexity index is 793. The summed E-state index contributed by atoms with van der Waals surface area (Å²) in [4.78, 5) is 8.90. The van der Waals surface area contributed by atoms with Crippen LogP contribution in [0.5, 0.6) is 0 Å². The monoisotopic (exact) mass is 320 g/mol. The van der Waals surface area contributed by atoms with E-state index in [9.17, 15) is 0 Å². The van der Waals surface area contributed by atoms with Gasteiger partial charge >= 0.3 is 0 Å². The summed E-state index contributed by atoms with van der Waals surface area (Å²) in [6.07, 6.45) is 7.55. The van der Waals surface area contributed by atoms with Gasteiger partial charge < -0.3 is 0 Å². The second-order valence-corrected chi connectivity index (χ2v) is 5.77. The summed E-state index contributed by atoms with van der Waals surface area (Å²) in [6.45, 7) is 3.73. The number of nitrogens with zero attached hydrogens (tertiary/aromatic N) is 2. The summed E-state index contributed by atoms with van der Waals surface area (Å²) in [5.41, 5.74) is 4.36. The van der Waals surface area contributed by atoms with Crippen LogP contribution in [0.1, 0.15) is 12.0 Å². The number of halogens is 1. The molecule has 0 spiro atoms. The van der Waals surface area contributed by atoms with Gasteiger partial charge in [-0.1, -0.05) is 54.1 Å². The molecule has 0 amide bonds. The third kappa shape index (κ3) is 3.85. The van der Waals surface area contributed by atoms with E-state index in [1.165, 1.54) is 0 Å². The topological polar surface area (TPSA) is 25.8 Å². The number of rotatable bonds is 5. The van der Waals surface area contributed by atoms with Gasteiger partial charge in [0.1, 0.15) is 0 Å². The lowest BCUT2D eigenvalue weighted by atomic mass is 10.0. The Labute approximate surface area is 141 Å². The first kappa shape index (κ1) is 15.4. The predicted molar refractivity (Wildman–Crippen MR) is 96.4 cm³/mol. The normalized spacial score (nSPS) is 10.5. The van der Waals surface area contributed by atoms with E-state index in [1.54, 1.807) is 0 Å². The van der Waals surface area contributed by atoms with E-state index in [4.69, 9.17) is 11.6 Å². The van der Waals surface area contributed by atoms with Gasteiger partial charge in [0.2, 0.25) is 0 Å². The highest BCUT2D eigenvalue weighted by atomic mass is 35.5. The number of hydrogen-bond donors (Lipinski definition) is 0. The lowest BCUT2D eigenvalue weighted by Gasteiger charge is -2.05. The number of aromatic nitrogens is 2. The summed E-state index contributed by atoms with van der Waals surface area (Å²) < 4.78 is 0. The van der Waals surface area contributed by atoms with E-state index in [2.05, 4.69) is 28.7 Å². The second-order valence-electron chi connectivity index (χ2n) is 5.33.